The van der Waals surface area contributed by atoms with Gasteiger partial charge in [0.2, 0.25) is 0 Å². The molecule has 1 unspecified atom stereocenters. The SMILES string of the molecule is CCC(CC)n1ccc(CN2CCCC(C=O)C2)n1. The molecule has 1 aliphatic rings. The summed E-state index contributed by atoms with van der Waals surface area (Å²) >= 11 is 0. The van der Waals surface area contributed by atoms with Crippen LogP contribution in [0.3, 0.4) is 0 Å². The van der Waals surface area contributed by atoms with Gasteiger partial charge in [-0.05, 0) is 38.3 Å². The Morgan fingerprint density at radius 2 is 2.26 bits per heavy atom. The van der Waals surface area contributed by atoms with Crippen molar-refractivity contribution >= 4 is 6.29 Å². The van der Waals surface area contributed by atoms with E-state index in [1.54, 1.807) is 0 Å². The molecule has 4 nitrogen and oxygen atoms in total. The number of hydrogen-bond donors (Lipinski definition) is 0. The lowest BCUT2D eigenvalue weighted by molar-refractivity contribution is -0.112. The number of aromatic nitrogens is 2. The number of carbonyl (C=O) groups is 1. The highest BCUT2D eigenvalue weighted by Crippen LogP contribution is 2.18. The molecule has 0 aliphatic carbocycles. The first-order valence-corrected chi connectivity index (χ1v) is 7.48. The van der Waals surface area contributed by atoms with Crippen LogP contribution in [0.1, 0.15) is 51.3 Å². The van der Waals surface area contributed by atoms with E-state index < -0.39 is 0 Å². The third kappa shape index (κ3) is 3.66. The summed E-state index contributed by atoms with van der Waals surface area (Å²) in [7, 11) is 0. The Labute approximate surface area is 115 Å². The van der Waals surface area contributed by atoms with Crippen molar-refractivity contribution in [1.29, 1.82) is 0 Å². The maximum Gasteiger partial charge on any atom is 0.124 e. The molecule has 1 fully saturated rings. The molecule has 0 N–H and O–H groups in total. The van der Waals surface area contributed by atoms with E-state index in [1.165, 1.54) is 0 Å². The molecule has 2 rings (SSSR count). The van der Waals surface area contributed by atoms with Crippen LogP contribution in [0.25, 0.3) is 0 Å². The van der Waals surface area contributed by atoms with Gasteiger partial charge in [0.05, 0.1) is 11.7 Å². The minimum Gasteiger partial charge on any atom is -0.303 e. The Balaban J connectivity index is 1.94. The van der Waals surface area contributed by atoms with Gasteiger partial charge in [0.25, 0.3) is 0 Å². The number of carbonyl (C=O) groups excluding carboxylic acids is 1. The summed E-state index contributed by atoms with van der Waals surface area (Å²) in [6.07, 6.45) is 7.60. The molecule has 0 amide bonds. The lowest BCUT2D eigenvalue weighted by Crippen LogP contribution is -2.35. The van der Waals surface area contributed by atoms with E-state index in [1.807, 2.05) is 0 Å². The molecule has 0 bridgehead atoms. The molecule has 1 atom stereocenters. The van der Waals surface area contributed by atoms with Crippen molar-refractivity contribution in [3.63, 3.8) is 0 Å². The van der Waals surface area contributed by atoms with Gasteiger partial charge < -0.3 is 4.79 Å². The second kappa shape index (κ2) is 6.85. The molecule has 0 radical (unpaired) electrons. The first kappa shape index (κ1) is 14.3. The highest BCUT2D eigenvalue weighted by molar-refractivity contribution is 5.53. The van der Waals surface area contributed by atoms with Gasteiger partial charge in [0.15, 0.2) is 0 Å². The van der Waals surface area contributed by atoms with E-state index in [4.69, 9.17) is 0 Å². The summed E-state index contributed by atoms with van der Waals surface area (Å²) in [6, 6.07) is 2.63. The normalized spacial score (nSPS) is 20.9. The predicted molar refractivity (Wildman–Crippen MR) is 75.9 cm³/mol. The topological polar surface area (TPSA) is 38.1 Å². The van der Waals surface area contributed by atoms with Crippen LogP contribution >= 0.6 is 0 Å². The summed E-state index contributed by atoms with van der Waals surface area (Å²) < 4.78 is 2.09. The molecule has 106 valence electrons. The molecule has 4 heteroatoms. The van der Waals surface area contributed by atoms with E-state index in [0.29, 0.717) is 6.04 Å². The summed E-state index contributed by atoms with van der Waals surface area (Å²) in [5.74, 6) is 0.217. The van der Waals surface area contributed by atoms with Crippen molar-refractivity contribution in [3.05, 3.63) is 18.0 Å². The number of nitrogens with zero attached hydrogens (tertiary/aromatic N) is 3. The summed E-state index contributed by atoms with van der Waals surface area (Å²) in [5, 5.41) is 4.68. The lowest BCUT2D eigenvalue weighted by atomic mass is 10.00. The van der Waals surface area contributed by atoms with Gasteiger partial charge >= 0.3 is 0 Å². The standard InChI is InChI=1S/C15H25N3O/c1-3-15(4-2)18-9-7-14(16-18)11-17-8-5-6-13(10-17)12-19/h7,9,12-13,15H,3-6,8,10-11H2,1-2H3. The summed E-state index contributed by atoms with van der Waals surface area (Å²) in [6.45, 7) is 7.25. The molecular weight excluding hydrogens is 238 g/mol. The number of rotatable bonds is 6. The van der Waals surface area contributed by atoms with Gasteiger partial charge in [-0.2, -0.15) is 5.10 Å². The van der Waals surface area contributed by atoms with Gasteiger partial charge in [-0.15, -0.1) is 0 Å². The van der Waals surface area contributed by atoms with Gasteiger partial charge in [-0.1, -0.05) is 13.8 Å². The van der Waals surface area contributed by atoms with Crippen LogP contribution in [-0.2, 0) is 11.3 Å². The Morgan fingerprint density at radius 1 is 1.47 bits per heavy atom. The first-order valence-electron chi connectivity index (χ1n) is 7.48. The first-order chi connectivity index (χ1) is 9.26. The van der Waals surface area contributed by atoms with Crippen LogP contribution in [-0.4, -0.2) is 34.1 Å². The van der Waals surface area contributed by atoms with Crippen molar-refractivity contribution in [2.24, 2.45) is 5.92 Å². The molecule has 1 aromatic rings. The molecule has 19 heavy (non-hydrogen) atoms. The summed E-state index contributed by atoms with van der Waals surface area (Å²) in [4.78, 5) is 13.2. The highest BCUT2D eigenvalue weighted by Gasteiger charge is 2.20. The third-order valence-electron chi connectivity index (χ3n) is 4.10. The molecule has 0 saturated carbocycles. The molecule has 1 saturated heterocycles. The number of piperidine rings is 1. The Kier molecular flexibility index (Phi) is 5.14. The quantitative estimate of drug-likeness (QED) is 0.741. The fourth-order valence-corrected chi connectivity index (χ4v) is 2.90. The minimum atomic E-state index is 0.217. The zero-order valence-electron chi connectivity index (χ0n) is 12.1. The van der Waals surface area contributed by atoms with Crippen molar-refractivity contribution < 1.29 is 4.79 Å². The number of hydrogen-bond acceptors (Lipinski definition) is 3. The molecule has 1 aromatic heterocycles. The third-order valence-corrected chi connectivity index (χ3v) is 4.10. The van der Waals surface area contributed by atoms with E-state index in [2.05, 4.69) is 40.8 Å². The average molecular weight is 263 g/mol. The fourth-order valence-electron chi connectivity index (χ4n) is 2.90. The van der Waals surface area contributed by atoms with Crippen LogP contribution in [0.2, 0.25) is 0 Å². The van der Waals surface area contributed by atoms with Crippen LogP contribution in [0.5, 0.6) is 0 Å². The monoisotopic (exact) mass is 263 g/mol. The predicted octanol–water partition coefficient (Wildman–Crippen LogP) is 2.66. The molecule has 0 spiro atoms. The second-order valence-electron chi connectivity index (χ2n) is 5.53. The van der Waals surface area contributed by atoms with Crippen molar-refractivity contribution in [2.45, 2.75) is 52.1 Å². The van der Waals surface area contributed by atoms with Crippen molar-refractivity contribution in [1.82, 2.24) is 14.7 Å². The molecule has 1 aliphatic heterocycles. The maximum atomic E-state index is 10.9. The molecule has 2 heterocycles. The molecule has 0 aromatic carbocycles. The summed E-state index contributed by atoms with van der Waals surface area (Å²) in [5.41, 5.74) is 1.12. The lowest BCUT2D eigenvalue weighted by Gasteiger charge is -2.29. The van der Waals surface area contributed by atoms with Crippen LogP contribution in [0, 0.1) is 5.92 Å². The smallest absolute Gasteiger partial charge is 0.124 e. The largest absolute Gasteiger partial charge is 0.303 e. The van der Waals surface area contributed by atoms with E-state index in [9.17, 15) is 4.79 Å². The zero-order valence-corrected chi connectivity index (χ0v) is 12.1. The van der Waals surface area contributed by atoms with Gasteiger partial charge in [-0.3, -0.25) is 9.58 Å². The molecular formula is C15H25N3O. The number of aldehydes is 1. The van der Waals surface area contributed by atoms with E-state index >= 15 is 0 Å². The van der Waals surface area contributed by atoms with Gasteiger partial charge in [0, 0.05) is 25.2 Å². The van der Waals surface area contributed by atoms with Crippen molar-refractivity contribution in [2.75, 3.05) is 13.1 Å². The fraction of sp³-hybridized carbons (Fsp3) is 0.733. The van der Waals surface area contributed by atoms with Crippen LogP contribution in [0.15, 0.2) is 12.3 Å². The van der Waals surface area contributed by atoms with Gasteiger partial charge in [-0.25, -0.2) is 0 Å². The maximum absolute atomic E-state index is 10.9. The average Bonchev–Trinajstić information content (AvgIpc) is 2.89. The van der Waals surface area contributed by atoms with E-state index in [0.717, 1.165) is 57.3 Å². The van der Waals surface area contributed by atoms with E-state index in [-0.39, 0.29) is 5.92 Å². The van der Waals surface area contributed by atoms with Gasteiger partial charge in [0.1, 0.15) is 6.29 Å². The Bertz CT molecular complexity index is 398. The Hall–Kier alpha value is -1.16. The highest BCUT2D eigenvalue weighted by atomic mass is 16.1. The zero-order chi connectivity index (χ0) is 13.7. The second-order valence-corrected chi connectivity index (χ2v) is 5.53. The van der Waals surface area contributed by atoms with Crippen LogP contribution < -0.4 is 0 Å². The number of likely N-dealkylation sites (tertiary alicyclic amines) is 1. The van der Waals surface area contributed by atoms with Crippen LogP contribution in [0.4, 0.5) is 0 Å². The van der Waals surface area contributed by atoms with Crippen molar-refractivity contribution in [3.8, 4) is 0 Å². The Morgan fingerprint density at radius 3 is 2.95 bits per heavy atom. The minimum absolute atomic E-state index is 0.217.